The van der Waals surface area contributed by atoms with E-state index in [0.29, 0.717) is 5.71 Å². The van der Waals surface area contributed by atoms with Crippen LogP contribution in [0.15, 0.2) is 52.3 Å². The van der Waals surface area contributed by atoms with Crippen LogP contribution in [0.5, 0.6) is 0 Å². The van der Waals surface area contributed by atoms with E-state index in [1.807, 2.05) is 40.6 Å². The number of likely N-dealkylation sites (tertiary alicyclic amines) is 1. The molecule has 1 fully saturated rings. The van der Waals surface area contributed by atoms with Gasteiger partial charge in [0.25, 0.3) is 0 Å². The molecule has 7 heteroatoms. The standard InChI is InChI=1S/C21H23N3O3S/c1-2-27-21(26)17-13-19(24(22-17)16-7-4-3-5-8-16)20(25)23-11-6-9-18(23)15-10-12-28-14-15/h3-5,7-8,10,12,14,18-19H,2,6,9,11,13H2,1H3. The first-order valence-electron chi connectivity index (χ1n) is 9.60. The minimum absolute atomic E-state index is 0.0144. The van der Waals surface area contributed by atoms with Crippen LogP contribution in [0, 0.1) is 0 Å². The van der Waals surface area contributed by atoms with Crippen molar-refractivity contribution in [2.45, 2.75) is 38.3 Å². The van der Waals surface area contributed by atoms with Crippen LogP contribution >= 0.6 is 11.3 Å². The van der Waals surface area contributed by atoms with Crippen LogP contribution in [0.25, 0.3) is 0 Å². The lowest BCUT2D eigenvalue weighted by Gasteiger charge is -2.30. The van der Waals surface area contributed by atoms with Gasteiger partial charge in [0, 0.05) is 13.0 Å². The summed E-state index contributed by atoms with van der Waals surface area (Å²) in [5.41, 5.74) is 2.29. The van der Waals surface area contributed by atoms with Gasteiger partial charge in [0.1, 0.15) is 11.8 Å². The molecule has 6 nitrogen and oxygen atoms in total. The summed E-state index contributed by atoms with van der Waals surface area (Å²) >= 11 is 1.65. The van der Waals surface area contributed by atoms with E-state index in [-0.39, 0.29) is 25.0 Å². The third kappa shape index (κ3) is 3.54. The topological polar surface area (TPSA) is 62.2 Å². The maximum absolute atomic E-state index is 13.5. The number of carbonyl (C=O) groups excluding carboxylic acids is 2. The van der Waals surface area contributed by atoms with Crippen LogP contribution in [0.1, 0.15) is 37.8 Å². The van der Waals surface area contributed by atoms with Crippen molar-refractivity contribution in [2.24, 2.45) is 5.10 Å². The summed E-state index contributed by atoms with van der Waals surface area (Å²) in [7, 11) is 0. The molecule has 0 spiro atoms. The van der Waals surface area contributed by atoms with Crippen LogP contribution in [-0.2, 0) is 14.3 Å². The van der Waals surface area contributed by atoms with Crippen LogP contribution in [0.2, 0.25) is 0 Å². The summed E-state index contributed by atoms with van der Waals surface area (Å²) in [6.45, 7) is 2.78. The first-order valence-corrected chi connectivity index (χ1v) is 10.5. The maximum Gasteiger partial charge on any atom is 0.354 e. The lowest BCUT2D eigenvalue weighted by atomic mass is 10.1. The summed E-state index contributed by atoms with van der Waals surface area (Å²) < 4.78 is 5.12. The Morgan fingerprint density at radius 3 is 2.79 bits per heavy atom. The molecule has 0 N–H and O–H groups in total. The Kier molecular flexibility index (Phi) is 5.43. The number of para-hydroxylation sites is 1. The minimum atomic E-state index is -0.527. The van der Waals surface area contributed by atoms with E-state index in [0.717, 1.165) is 25.1 Å². The van der Waals surface area contributed by atoms with Crippen LogP contribution in [0.3, 0.4) is 0 Å². The van der Waals surface area contributed by atoms with Gasteiger partial charge in [-0.15, -0.1) is 0 Å². The Labute approximate surface area is 168 Å². The lowest BCUT2D eigenvalue weighted by molar-refractivity contribution is -0.135. The summed E-state index contributed by atoms with van der Waals surface area (Å²) in [5.74, 6) is -0.435. The maximum atomic E-state index is 13.5. The quantitative estimate of drug-likeness (QED) is 0.723. The van der Waals surface area contributed by atoms with Crippen molar-refractivity contribution >= 4 is 34.6 Å². The van der Waals surface area contributed by atoms with Gasteiger partial charge in [-0.2, -0.15) is 16.4 Å². The summed E-state index contributed by atoms with van der Waals surface area (Å²) in [6.07, 6.45) is 2.21. The van der Waals surface area contributed by atoms with Gasteiger partial charge in [-0.25, -0.2) is 4.79 Å². The first-order chi connectivity index (χ1) is 13.7. The number of thiophene rings is 1. The van der Waals surface area contributed by atoms with Gasteiger partial charge in [-0.05, 0) is 54.3 Å². The highest BCUT2D eigenvalue weighted by atomic mass is 32.1. The van der Waals surface area contributed by atoms with E-state index >= 15 is 0 Å². The lowest BCUT2D eigenvalue weighted by Crippen LogP contribution is -2.45. The molecule has 146 valence electrons. The number of ether oxygens (including phenoxy) is 1. The fourth-order valence-electron chi connectivity index (χ4n) is 3.89. The van der Waals surface area contributed by atoms with E-state index in [1.165, 1.54) is 5.56 Å². The van der Waals surface area contributed by atoms with Crippen LogP contribution in [0.4, 0.5) is 5.69 Å². The average Bonchev–Trinajstić information content (AvgIpc) is 3.48. The number of anilines is 1. The Morgan fingerprint density at radius 2 is 2.07 bits per heavy atom. The van der Waals surface area contributed by atoms with Gasteiger partial charge in [0.2, 0.25) is 5.91 Å². The molecule has 1 aromatic carbocycles. The largest absolute Gasteiger partial charge is 0.461 e. The molecule has 1 saturated heterocycles. The number of carbonyl (C=O) groups is 2. The van der Waals surface area contributed by atoms with Crippen molar-refractivity contribution < 1.29 is 14.3 Å². The number of esters is 1. The number of amides is 1. The van der Waals surface area contributed by atoms with Crippen molar-refractivity contribution in [1.82, 2.24) is 4.90 Å². The summed E-state index contributed by atoms with van der Waals surface area (Å²) in [5, 5.41) is 10.3. The molecule has 1 aromatic heterocycles. The molecule has 0 radical (unpaired) electrons. The van der Waals surface area contributed by atoms with Gasteiger partial charge >= 0.3 is 5.97 Å². The van der Waals surface area contributed by atoms with Gasteiger partial charge in [0.05, 0.1) is 18.3 Å². The molecule has 2 atom stereocenters. The molecule has 0 bridgehead atoms. The Morgan fingerprint density at radius 1 is 1.25 bits per heavy atom. The summed E-state index contributed by atoms with van der Waals surface area (Å²) in [6, 6.07) is 11.2. The molecule has 28 heavy (non-hydrogen) atoms. The molecule has 3 heterocycles. The van der Waals surface area contributed by atoms with Crippen LogP contribution < -0.4 is 5.01 Å². The van der Waals surface area contributed by atoms with E-state index < -0.39 is 12.0 Å². The highest BCUT2D eigenvalue weighted by molar-refractivity contribution is 7.08. The zero-order valence-corrected chi connectivity index (χ0v) is 16.6. The number of hydrazone groups is 1. The monoisotopic (exact) mass is 397 g/mol. The highest BCUT2D eigenvalue weighted by Crippen LogP contribution is 2.36. The van der Waals surface area contributed by atoms with Crippen molar-refractivity contribution in [2.75, 3.05) is 18.2 Å². The number of hydrogen-bond acceptors (Lipinski definition) is 6. The Bertz CT molecular complexity index is 866. The van der Waals surface area contributed by atoms with E-state index in [2.05, 4.69) is 16.5 Å². The van der Waals surface area contributed by atoms with Crippen molar-refractivity contribution in [3.8, 4) is 0 Å². The third-order valence-electron chi connectivity index (χ3n) is 5.19. The second-order valence-electron chi connectivity index (χ2n) is 6.91. The van der Waals surface area contributed by atoms with Crippen molar-refractivity contribution in [1.29, 1.82) is 0 Å². The molecule has 2 aliphatic rings. The summed E-state index contributed by atoms with van der Waals surface area (Å²) in [4.78, 5) is 27.7. The number of benzene rings is 1. The van der Waals surface area contributed by atoms with E-state index in [1.54, 1.807) is 23.3 Å². The predicted octanol–water partition coefficient (Wildman–Crippen LogP) is 3.61. The zero-order chi connectivity index (χ0) is 19.5. The predicted molar refractivity (Wildman–Crippen MR) is 109 cm³/mol. The fraction of sp³-hybridized carbons (Fsp3) is 0.381. The van der Waals surface area contributed by atoms with Gasteiger partial charge in [-0.1, -0.05) is 18.2 Å². The molecule has 1 amide bonds. The third-order valence-corrected chi connectivity index (χ3v) is 5.89. The molecule has 2 aromatic rings. The minimum Gasteiger partial charge on any atom is -0.461 e. The molecular weight excluding hydrogens is 374 g/mol. The van der Waals surface area contributed by atoms with E-state index in [9.17, 15) is 9.59 Å². The molecule has 2 aliphatic heterocycles. The number of rotatable bonds is 5. The number of hydrogen-bond donors (Lipinski definition) is 0. The highest BCUT2D eigenvalue weighted by Gasteiger charge is 2.42. The smallest absolute Gasteiger partial charge is 0.354 e. The second kappa shape index (κ2) is 8.14. The zero-order valence-electron chi connectivity index (χ0n) is 15.8. The van der Waals surface area contributed by atoms with Crippen molar-refractivity contribution in [3.63, 3.8) is 0 Å². The number of nitrogens with zero attached hydrogens (tertiary/aromatic N) is 3. The Hall–Kier alpha value is -2.67. The first kappa shape index (κ1) is 18.7. The average molecular weight is 398 g/mol. The molecule has 0 saturated carbocycles. The van der Waals surface area contributed by atoms with Gasteiger partial charge in [0.15, 0.2) is 0 Å². The molecule has 4 rings (SSSR count). The van der Waals surface area contributed by atoms with E-state index in [4.69, 9.17) is 4.74 Å². The Balaban J connectivity index is 1.61. The van der Waals surface area contributed by atoms with Gasteiger partial charge < -0.3 is 9.64 Å². The fourth-order valence-corrected chi connectivity index (χ4v) is 4.60. The molecular formula is C21H23N3O3S. The SMILES string of the molecule is CCOC(=O)C1=NN(c2ccccc2)C(C(=O)N2CCCC2c2ccsc2)C1. The van der Waals surface area contributed by atoms with Gasteiger partial charge in [-0.3, -0.25) is 9.80 Å². The van der Waals surface area contributed by atoms with Crippen LogP contribution in [-0.4, -0.2) is 41.7 Å². The normalized spacial score (nSPS) is 21.7. The second-order valence-corrected chi connectivity index (χ2v) is 7.69. The van der Waals surface area contributed by atoms with Crippen molar-refractivity contribution in [3.05, 3.63) is 52.7 Å². The molecule has 0 aliphatic carbocycles. The molecule has 2 unspecified atom stereocenters.